The molecule has 2 aromatic carbocycles. The Balaban J connectivity index is 1.86. The summed E-state index contributed by atoms with van der Waals surface area (Å²) < 4.78 is 15.9. The quantitative estimate of drug-likeness (QED) is 0.330. The molecule has 0 N–H and O–H groups in total. The molecule has 0 fully saturated rings. The minimum absolute atomic E-state index is 0.116. The number of fused-ring (bicyclic) bond motifs is 1. The van der Waals surface area contributed by atoms with Crippen molar-refractivity contribution < 1.29 is 28.6 Å². The average Bonchev–Trinajstić information content (AvgIpc) is 3.20. The highest BCUT2D eigenvalue weighted by atomic mass is 16.6. The molecule has 1 unspecified atom stereocenters. The van der Waals surface area contributed by atoms with E-state index in [1.165, 1.54) is 25.0 Å². The molecule has 33 heavy (non-hydrogen) atoms. The van der Waals surface area contributed by atoms with E-state index < -0.39 is 17.9 Å². The van der Waals surface area contributed by atoms with Crippen LogP contribution in [0.2, 0.25) is 0 Å². The average molecular weight is 446 g/mol. The first kappa shape index (κ1) is 23.7. The Morgan fingerprint density at radius 2 is 1.45 bits per heavy atom. The van der Waals surface area contributed by atoms with Gasteiger partial charge < -0.3 is 14.2 Å². The molecule has 1 atom stereocenters. The topological polar surface area (TPSA) is 78.9 Å². The molecule has 1 aliphatic carbocycles. The van der Waals surface area contributed by atoms with Crippen LogP contribution in [0.25, 0.3) is 11.1 Å². The van der Waals surface area contributed by atoms with Gasteiger partial charge in [-0.15, -0.1) is 0 Å². The summed E-state index contributed by atoms with van der Waals surface area (Å²) in [6.45, 7) is 14.0. The van der Waals surface area contributed by atoms with Crippen molar-refractivity contribution in [3.8, 4) is 22.6 Å². The highest BCUT2D eigenvalue weighted by Crippen LogP contribution is 2.36. The van der Waals surface area contributed by atoms with Crippen LogP contribution in [0.15, 0.2) is 73.4 Å². The zero-order valence-electron chi connectivity index (χ0n) is 18.8. The van der Waals surface area contributed by atoms with Crippen LogP contribution >= 0.6 is 0 Å². The van der Waals surface area contributed by atoms with Gasteiger partial charge in [-0.25, -0.2) is 14.4 Å². The van der Waals surface area contributed by atoms with Crippen LogP contribution in [0.1, 0.15) is 25.0 Å². The predicted molar refractivity (Wildman–Crippen MR) is 125 cm³/mol. The highest BCUT2D eigenvalue weighted by Gasteiger charge is 2.23. The summed E-state index contributed by atoms with van der Waals surface area (Å²) in [5.41, 5.74) is 4.54. The Labute approximate surface area is 193 Å². The lowest BCUT2D eigenvalue weighted by atomic mass is 10.00. The van der Waals surface area contributed by atoms with E-state index in [9.17, 15) is 14.4 Å². The summed E-state index contributed by atoms with van der Waals surface area (Å²) in [6.07, 6.45) is 2.78. The highest BCUT2D eigenvalue weighted by molar-refractivity contribution is 5.91. The van der Waals surface area contributed by atoms with Crippen LogP contribution in [0.3, 0.4) is 0 Å². The van der Waals surface area contributed by atoms with Crippen molar-refractivity contribution in [2.24, 2.45) is 5.92 Å². The van der Waals surface area contributed by atoms with E-state index in [-0.39, 0.29) is 28.6 Å². The number of benzene rings is 2. The van der Waals surface area contributed by atoms with Crippen molar-refractivity contribution in [3.63, 3.8) is 0 Å². The van der Waals surface area contributed by atoms with Gasteiger partial charge >= 0.3 is 17.9 Å². The summed E-state index contributed by atoms with van der Waals surface area (Å²) >= 11 is 0. The Morgan fingerprint density at radius 3 is 2.09 bits per heavy atom. The molecule has 0 bridgehead atoms. The number of carbonyl (C=O) groups excluding carboxylic acids is 3. The molecule has 0 heterocycles. The van der Waals surface area contributed by atoms with E-state index in [0.717, 1.165) is 30.0 Å². The van der Waals surface area contributed by atoms with Crippen molar-refractivity contribution in [2.75, 3.05) is 6.61 Å². The first-order valence-electron chi connectivity index (χ1n) is 10.5. The first-order chi connectivity index (χ1) is 15.7. The molecule has 0 saturated carbocycles. The van der Waals surface area contributed by atoms with Gasteiger partial charge in [0.05, 0.1) is 6.61 Å². The maximum absolute atomic E-state index is 12.1. The van der Waals surface area contributed by atoms with Gasteiger partial charge in [0, 0.05) is 23.1 Å². The van der Waals surface area contributed by atoms with Crippen LogP contribution in [0.5, 0.6) is 11.5 Å². The summed E-state index contributed by atoms with van der Waals surface area (Å²) in [5, 5.41) is 0. The summed E-state index contributed by atoms with van der Waals surface area (Å²) in [5.74, 6) is -1.20. The third-order valence-electron chi connectivity index (χ3n) is 5.23. The Kier molecular flexibility index (Phi) is 7.28. The molecule has 6 nitrogen and oxygen atoms in total. The maximum Gasteiger partial charge on any atom is 0.338 e. The Morgan fingerprint density at radius 1 is 0.879 bits per heavy atom. The fourth-order valence-electron chi connectivity index (χ4n) is 3.49. The van der Waals surface area contributed by atoms with Gasteiger partial charge in [-0.2, -0.15) is 0 Å². The molecule has 170 valence electrons. The number of rotatable bonds is 8. The van der Waals surface area contributed by atoms with Crippen molar-refractivity contribution >= 4 is 17.9 Å². The van der Waals surface area contributed by atoms with Crippen molar-refractivity contribution in [3.05, 3.63) is 84.5 Å². The molecule has 6 heteroatoms. The third kappa shape index (κ3) is 5.86. The molecule has 0 spiro atoms. The molecule has 2 aromatic rings. The van der Waals surface area contributed by atoms with Crippen molar-refractivity contribution in [1.82, 2.24) is 0 Å². The van der Waals surface area contributed by atoms with E-state index in [2.05, 4.69) is 31.9 Å². The van der Waals surface area contributed by atoms with Gasteiger partial charge in [0.25, 0.3) is 0 Å². The smallest absolute Gasteiger partial charge is 0.338 e. The predicted octanol–water partition coefficient (Wildman–Crippen LogP) is 4.76. The number of carbonyl (C=O) groups is 3. The van der Waals surface area contributed by atoms with E-state index in [0.29, 0.717) is 6.61 Å². The summed E-state index contributed by atoms with van der Waals surface area (Å²) in [7, 11) is 0. The minimum atomic E-state index is -0.620. The van der Waals surface area contributed by atoms with Gasteiger partial charge in [-0.05, 0) is 61.1 Å². The van der Waals surface area contributed by atoms with Crippen LogP contribution in [-0.4, -0.2) is 24.5 Å². The molecule has 0 saturated heterocycles. The maximum atomic E-state index is 12.1. The molecular weight excluding hydrogens is 420 g/mol. The molecule has 0 amide bonds. The zero-order valence-corrected chi connectivity index (χ0v) is 18.8. The second-order valence-corrected chi connectivity index (χ2v) is 8.09. The Bertz CT molecular complexity index is 1160. The fraction of sp³-hybridized carbons (Fsp3) is 0.222. The first-order valence-corrected chi connectivity index (χ1v) is 10.5. The van der Waals surface area contributed by atoms with Gasteiger partial charge in [-0.3, -0.25) is 0 Å². The van der Waals surface area contributed by atoms with E-state index >= 15 is 0 Å². The molecule has 0 aromatic heterocycles. The normalized spacial score (nSPS) is 14.1. The lowest BCUT2D eigenvalue weighted by molar-refractivity contribution is -0.139. The number of ether oxygens (including phenoxy) is 3. The van der Waals surface area contributed by atoms with Crippen LogP contribution in [0, 0.1) is 5.92 Å². The van der Waals surface area contributed by atoms with Gasteiger partial charge in [0.2, 0.25) is 0 Å². The van der Waals surface area contributed by atoms with Gasteiger partial charge in [-0.1, -0.05) is 44.0 Å². The Hall–Kier alpha value is -3.93. The lowest BCUT2D eigenvalue weighted by Crippen LogP contribution is -2.12. The molecule has 0 aliphatic heterocycles. The zero-order chi connectivity index (χ0) is 24.1. The van der Waals surface area contributed by atoms with Gasteiger partial charge in [0.15, 0.2) is 11.5 Å². The standard InChI is InChI=1S/C27H26O6/c1-6-25(28)31-15-18-11-19-7-8-20(13-22(19)12-18)21-9-10-23(32-26(29)16(2)3)24(14-21)33-27(30)17(4)5/h6-10,13-14,18H,1-2,4,11-12,15H2,3,5H3. The largest absolute Gasteiger partial charge is 0.462 e. The van der Waals surface area contributed by atoms with Crippen LogP contribution < -0.4 is 9.47 Å². The number of hydrogen-bond donors (Lipinski definition) is 0. The van der Waals surface area contributed by atoms with E-state index in [4.69, 9.17) is 14.2 Å². The lowest BCUT2D eigenvalue weighted by Gasteiger charge is -2.13. The number of esters is 3. The summed E-state index contributed by atoms with van der Waals surface area (Å²) in [6, 6.07) is 11.1. The minimum Gasteiger partial charge on any atom is -0.462 e. The monoisotopic (exact) mass is 446 g/mol. The van der Waals surface area contributed by atoms with E-state index in [1.807, 2.05) is 6.07 Å². The molecular formula is C27H26O6. The molecule has 3 rings (SSSR count). The fourth-order valence-corrected chi connectivity index (χ4v) is 3.49. The van der Waals surface area contributed by atoms with Crippen molar-refractivity contribution in [2.45, 2.75) is 26.7 Å². The third-order valence-corrected chi connectivity index (χ3v) is 5.23. The summed E-state index contributed by atoms with van der Waals surface area (Å²) in [4.78, 5) is 35.5. The van der Waals surface area contributed by atoms with Crippen LogP contribution in [-0.2, 0) is 32.0 Å². The van der Waals surface area contributed by atoms with Crippen LogP contribution in [0.4, 0.5) is 0 Å². The second kappa shape index (κ2) is 10.1. The molecule has 1 aliphatic rings. The second-order valence-electron chi connectivity index (χ2n) is 8.09. The van der Waals surface area contributed by atoms with Crippen molar-refractivity contribution in [1.29, 1.82) is 0 Å². The van der Waals surface area contributed by atoms with E-state index in [1.54, 1.807) is 18.2 Å². The SMILES string of the molecule is C=CC(=O)OCC1Cc2ccc(-c3ccc(OC(=O)C(=C)C)c(OC(=O)C(=C)C)c3)cc2C1. The number of hydrogen-bond acceptors (Lipinski definition) is 6. The van der Waals surface area contributed by atoms with Gasteiger partial charge in [0.1, 0.15) is 0 Å². The molecule has 0 radical (unpaired) electrons.